The van der Waals surface area contributed by atoms with Gasteiger partial charge in [0.1, 0.15) is 42.0 Å². The van der Waals surface area contributed by atoms with E-state index in [1.807, 2.05) is 48.5 Å². The molecule has 0 saturated carbocycles. The number of aliphatic hydroxyl groups excluding tert-OH is 6. The van der Waals surface area contributed by atoms with E-state index in [1.54, 1.807) is 12.1 Å². The molecule has 28 heteroatoms. The van der Waals surface area contributed by atoms with Crippen molar-refractivity contribution in [3.05, 3.63) is 102 Å². The van der Waals surface area contributed by atoms with Crippen molar-refractivity contribution in [1.82, 2.24) is 36.4 Å². The molecule has 0 radical (unpaired) electrons. The molecule has 3 fully saturated rings. The van der Waals surface area contributed by atoms with E-state index in [-0.39, 0.29) is 48.7 Å². The lowest BCUT2D eigenvalue weighted by atomic mass is 9.98. The number of benzene rings is 4. The average molecular weight is 1230 g/mol. The maximum absolute atomic E-state index is 14.7. The predicted molar refractivity (Wildman–Crippen MR) is 312 cm³/mol. The van der Waals surface area contributed by atoms with Crippen LogP contribution in [0.3, 0.4) is 0 Å². The molecule has 472 valence electrons. The number of phenols is 1. The van der Waals surface area contributed by atoms with E-state index >= 15 is 0 Å². The van der Waals surface area contributed by atoms with Gasteiger partial charge >= 0.3 is 0 Å². The molecule has 3 aliphatic heterocycles. The van der Waals surface area contributed by atoms with Gasteiger partial charge in [-0.2, -0.15) is 0 Å². The summed E-state index contributed by atoms with van der Waals surface area (Å²) in [5, 5.41) is 103. The van der Waals surface area contributed by atoms with Crippen molar-refractivity contribution in [1.29, 1.82) is 0 Å². The van der Waals surface area contributed by atoms with Gasteiger partial charge in [-0.15, -0.1) is 0 Å². The predicted octanol–water partition coefficient (Wildman–Crippen LogP) is -0.0443. The zero-order valence-electron chi connectivity index (χ0n) is 48.1. The second-order valence-electron chi connectivity index (χ2n) is 21.9. The number of β-amino-alcohol motifs (C(OH)–C–C–N with tert-alkyl or cyclic N) is 1. The molecule has 15 N–H and O–H groups in total. The van der Waals surface area contributed by atoms with Crippen molar-refractivity contribution in [2.75, 3.05) is 32.8 Å². The third-order valence-corrected chi connectivity index (χ3v) is 15.8. The molecule has 13 atom stereocenters. The number of amides is 7. The third-order valence-electron chi connectivity index (χ3n) is 15.4. The molecule has 0 bridgehead atoms. The molecular formula is C59H76N8O19S. The molecule has 0 aliphatic carbocycles. The third kappa shape index (κ3) is 17.4. The minimum absolute atomic E-state index is 0.0644. The number of phenolic OH excluding ortho intramolecular Hbond substituents is 1. The first-order chi connectivity index (χ1) is 41.6. The molecule has 4 aromatic rings. The Bertz CT molecular complexity index is 3000. The Morgan fingerprint density at radius 3 is 1.97 bits per heavy atom. The van der Waals surface area contributed by atoms with Gasteiger partial charge in [-0.05, 0) is 90.5 Å². The van der Waals surface area contributed by atoms with Gasteiger partial charge in [0, 0.05) is 50.4 Å². The number of rotatable bonds is 20. The van der Waals surface area contributed by atoms with Crippen LogP contribution in [0.5, 0.6) is 17.2 Å². The molecule has 7 rings (SSSR count). The lowest BCUT2D eigenvalue weighted by molar-refractivity contribution is -0.433. The van der Waals surface area contributed by atoms with Crippen LogP contribution in [0, 0.1) is 5.92 Å². The van der Waals surface area contributed by atoms with Crippen LogP contribution >= 0.6 is 12.3 Å². The topological polar surface area (TPSA) is 411 Å². The van der Waals surface area contributed by atoms with Gasteiger partial charge < -0.3 is 86.8 Å². The summed E-state index contributed by atoms with van der Waals surface area (Å²) in [5.41, 5.74) is 9.49. The average Bonchev–Trinajstić information content (AvgIpc) is 2.12. The first kappa shape index (κ1) is 67.0. The number of hydrogen-bond acceptors (Lipinski definition) is 21. The first-order valence-electron chi connectivity index (χ1n) is 28.6. The fraction of sp³-hybridized carbons (Fsp3) is 0.475. The highest BCUT2D eigenvalue weighted by atomic mass is 32.2. The van der Waals surface area contributed by atoms with Crippen LogP contribution < -0.4 is 41.2 Å². The van der Waals surface area contributed by atoms with Crippen LogP contribution in [0.4, 0.5) is 0 Å². The molecule has 4 aromatic carbocycles. The number of nitrogens with zero attached hydrogens (tertiary/aromatic N) is 2. The van der Waals surface area contributed by atoms with E-state index in [1.165, 1.54) is 31.2 Å². The van der Waals surface area contributed by atoms with E-state index in [0.29, 0.717) is 6.61 Å². The van der Waals surface area contributed by atoms with Crippen molar-refractivity contribution >= 4 is 53.7 Å². The van der Waals surface area contributed by atoms with Crippen LogP contribution in [-0.2, 0) is 44.6 Å². The standard InChI is InChI=1S/C59H76N8O19S/c1-4-5-6-23-83-41-18-16-37(17-19-41)35-10-8-34(9-11-35)36-12-14-38(15-13-36)53(75)62-42-26-39(69)28-61-57(79)51-52(74)31(2)29-67(51)59(81)50(45(72)21-22-60)65-56(78)49(46(73)24-33-7-20-44(71)47(25-33)84-87-86-85-82)64-55(77)43-27-40(70)30-66(43)58(80)48(32(3)68)63-54(42)76/h7-20,25,31-32,39-40,42-43,45-46,48-52,68-74,82H,4-6,21-24,26-30,60H2,1-3H3,(H,61,79)(H,62,75)(H,63,76)(H,64,77)(H,65,78)/t31-,32+,39+,40+,42+,43+,45-,46-,48+,49+,50+,51+,52+/m1/s1. The number of carbonyl (C=O) groups excluding carboxylic acids is 7. The number of carbonyl (C=O) groups is 7. The Kier molecular flexibility index (Phi) is 24.2. The monoisotopic (exact) mass is 1230 g/mol. The number of ether oxygens (including phenoxy) is 1. The number of hydrogen-bond donors (Lipinski definition) is 14. The van der Waals surface area contributed by atoms with Crippen LogP contribution in [-0.4, -0.2) is 198 Å². The molecule has 0 spiro atoms. The fourth-order valence-corrected chi connectivity index (χ4v) is 10.9. The fourth-order valence-electron chi connectivity index (χ4n) is 10.6. The second kappa shape index (κ2) is 31.4. The lowest BCUT2D eigenvalue weighted by Gasteiger charge is -2.34. The smallest absolute Gasteiger partial charge is 0.261 e. The summed E-state index contributed by atoms with van der Waals surface area (Å²) in [4.78, 5) is 103. The second-order valence-corrected chi connectivity index (χ2v) is 22.3. The van der Waals surface area contributed by atoms with E-state index in [2.05, 4.69) is 42.9 Å². The Morgan fingerprint density at radius 2 is 1.34 bits per heavy atom. The number of aromatic hydroxyl groups is 1. The summed E-state index contributed by atoms with van der Waals surface area (Å²) in [7, 11) is 0. The van der Waals surface area contributed by atoms with Crippen LogP contribution in [0.2, 0.25) is 0 Å². The van der Waals surface area contributed by atoms with Crippen LogP contribution in [0.15, 0.2) is 91.0 Å². The van der Waals surface area contributed by atoms with E-state index in [4.69, 9.17) is 19.9 Å². The molecule has 87 heavy (non-hydrogen) atoms. The Balaban J connectivity index is 1.17. The quantitative estimate of drug-likeness (QED) is 0.0239. The zero-order chi connectivity index (χ0) is 63.1. The zero-order valence-corrected chi connectivity index (χ0v) is 48.9. The molecule has 3 aliphatic rings. The maximum atomic E-state index is 14.7. The number of unbranched alkanes of at least 4 members (excludes halogenated alkanes) is 2. The maximum Gasteiger partial charge on any atom is 0.261 e. The van der Waals surface area contributed by atoms with Crippen molar-refractivity contribution in [3.8, 4) is 39.5 Å². The van der Waals surface area contributed by atoms with E-state index < -0.39 is 158 Å². The molecule has 0 aromatic heterocycles. The summed E-state index contributed by atoms with van der Waals surface area (Å²) in [6, 6.07) is 14.5. The number of fused-ring (bicyclic) bond motifs is 2. The van der Waals surface area contributed by atoms with Gasteiger partial charge in [0.2, 0.25) is 35.4 Å². The van der Waals surface area contributed by atoms with Crippen LogP contribution in [0.25, 0.3) is 22.3 Å². The van der Waals surface area contributed by atoms with Crippen molar-refractivity contribution < 1.29 is 92.9 Å². The molecule has 0 unspecified atom stereocenters. The Morgan fingerprint density at radius 1 is 0.736 bits per heavy atom. The Hall–Kier alpha value is -7.48. The summed E-state index contributed by atoms with van der Waals surface area (Å²) in [6.07, 6.45) is -8.97. The minimum atomic E-state index is -2.10. The summed E-state index contributed by atoms with van der Waals surface area (Å²) < 4.78 is 15.2. The molecule has 3 saturated heterocycles. The van der Waals surface area contributed by atoms with Gasteiger partial charge in [-0.1, -0.05) is 90.7 Å². The highest BCUT2D eigenvalue weighted by Crippen LogP contribution is 2.32. The van der Waals surface area contributed by atoms with Gasteiger partial charge in [0.25, 0.3) is 18.2 Å². The number of nitrogens with two attached hydrogens (primary N) is 1. The van der Waals surface area contributed by atoms with Crippen molar-refractivity contribution in [2.24, 2.45) is 11.7 Å². The normalized spacial score (nSPS) is 25.4. The SMILES string of the molecule is CCCCCOc1ccc(-c2ccc(-c3ccc(C(=O)N[C@H]4C[C@H](O)CNC(=O)[C@@H]5[C@@H](O)[C@H](C)CN5C(=O)[C@H]([C@H](O)CCN)NC(=O)[C@H]([C@H](O)Cc5ccc(O)c(OSOOO)c5)NC(=O)[C@@H]5C[C@H](O)CN5C(=O)[C@H]([C@H](C)O)NC4=O)cc3)cc2)cc1. The largest absolute Gasteiger partial charge is 0.504 e. The minimum Gasteiger partial charge on any atom is -0.504 e. The first-order valence-corrected chi connectivity index (χ1v) is 29.3. The lowest BCUT2D eigenvalue weighted by Crippen LogP contribution is -2.64. The van der Waals surface area contributed by atoms with Gasteiger partial charge in [-0.3, -0.25) is 33.6 Å². The van der Waals surface area contributed by atoms with Crippen molar-refractivity contribution in [3.63, 3.8) is 0 Å². The van der Waals surface area contributed by atoms with E-state index in [0.717, 1.165) is 70.1 Å². The number of nitrogens with one attached hydrogen (secondary N) is 5. The molecular weight excluding hydrogens is 1160 g/mol. The highest BCUT2D eigenvalue weighted by Gasteiger charge is 2.50. The van der Waals surface area contributed by atoms with Gasteiger partial charge in [0.15, 0.2) is 11.5 Å². The van der Waals surface area contributed by atoms with Gasteiger partial charge in [-0.25, -0.2) is 5.26 Å². The molecule has 7 amide bonds. The van der Waals surface area contributed by atoms with Crippen LogP contribution in [0.1, 0.15) is 75.2 Å². The van der Waals surface area contributed by atoms with Gasteiger partial charge in [0.05, 0.1) is 43.2 Å². The highest BCUT2D eigenvalue weighted by molar-refractivity contribution is 7.90. The van der Waals surface area contributed by atoms with Crippen molar-refractivity contribution in [2.45, 2.75) is 139 Å². The summed E-state index contributed by atoms with van der Waals surface area (Å²) >= 11 is 0.0830. The molecule has 3 heterocycles. The summed E-state index contributed by atoms with van der Waals surface area (Å²) in [5.74, 6) is -8.44. The number of aliphatic hydroxyl groups is 6. The van der Waals surface area contributed by atoms with E-state index in [9.17, 15) is 69.3 Å². The Labute approximate surface area is 505 Å². The summed E-state index contributed by atoms with van der Waals surface area (Å²) in [6.45, 7) is 3.68. The molecule has 27 nitrogen and oxygen atoms in total.